The molecule has 0 saturated heterocycles. The van der Waals surface area contributed by atoms with Crippen LogP contribution in [0.2, 0.25) is 0 Å². The number of nitrogens with one attached hydrogen (secondary N) is 1. The Morgan fingerprint density at radius 1 is 1.07 bits per heavy atom. The van der Waals surface area contributed by atoms with Crippen molar-refractivity contribution < 1.29 is 14.3 Å². The number of benzene rings is 2. The first-order valence-corrected chi connectivity index (χ1v) is 9.97. The Morgan fingerprint density at radius 2 is 1.82 bits per heavy atom. The van der Waals surface area contributed by atoms with E-state index in [4.69, 9.17) is 4.74 Å². The van der Waals surface area contributed by atoms with Crippen LogP contribution in [0.15, 0.2) is 48.5 Å². The number of anilines is 1. The van der Waals surface area contributed by atoms with Crippen molar-refractivity contribution in [2.24, 2.45) is 5.92 Å². The van der Waals surface area contributed by atoms with E-state index < -0.39 is 0 Å². The minimum absolute atomic E-state index is 0.00237. The van der Waals surface area contributed by atoms with Crippen LogP contribution in [0, 0.1) is 12.8 Å². The second-order valence-corrected chi connectivity index (χ2v) is 7.82. The molecule has 5 heteroatoms. The fourth-order valence-electron chi connectivity index (χ4n) is 3.18. The molecule has 5 nitrogen and oxygen atoms in total. The first kappa shape index (κ1) is 18.5. The van der Waals surface area contributed by atoms with Gasteiger partial charge in [-0.2, -0.15) is 0 Å². The molecule has 0 aromatic heterocycles. The van der Waals surface area contributed by atoms with Crippen molar-refractivity contribution in [2.45, 2.75) is 45.2 Å². The SMILES string of the molecule is Cc1ccc(CN(C(=O)COc2cccc(NC(=O)C3CC3)c2)C2CC2)cc1. The molecule has 2 aromatic carbocycles. The van der Waals surface area contributed by atoms with E-state index in [1.807, 2.05) is 23.1 Å². The van der Waals surface area contributed by atoms with Gasteiger partial charge >= 0.3 is 0 Å². The summed E-state index contributed by atoms with van der Waals surface area (Å²) in [7, 11) is 0. The van der Waals surface area contributed by atoms with Crippen molar-refractivity contribution in [1.82, 2.24) is 4.90 Å². The van der Waals surface area contributed by atoms with Crippen molar-refractivity contribution in [3.63, 3.8) is 0 Å². The molecule has 4 rings (SSSR count). The van der Waals surface area contributed by atoms with E-state index in [2.05, 4.69) is 36.5 Å². The summed E-state index contributed by atoms with van der Waals surface area (Å²) in [5.74, 6) is 0.801. The minimum Gasteiger partial charge on any atom is -0.484 e. The zero-order valence-electron chi connectivity index (χ0n) is 16.2. The Balaban J connectivity index is 1.34. The molecule has 0 spiro atoms. The van der Waals surface area contributed by atoms with Gasteiger partial charge in [-0.15, -0.1) is 0 Å². The lowest BCUT2D eigenvalue weighted by molar-refractivity contribution is -0.134. The molecule has 2 aromatic rings. The van der Waals surface area contributed by atoms with Crippen LogP contribution in [0.3, 0.4) is 0 Å². The van der Waals surface area contributed by atoms with Gasteiger partial charge in [-0.3, -0.25) is 9.59 Å². The number of hydrogen-bond donors (Lipinski definition) is 1. The molecule has 2 fully saturated rings. The van der Waals surface area contributed by atoms with Crippen LogP contribution in [0.1, 0.15) is 36.8 Å². The van der Waals surface area contributed by atoms with Gasteiger partial charge in [-0.05, 0) is 50.3 Å². The molecule has 2 aliphatic rings. The maximum atomic E-state index is 12.8. The molecule has 0 heterocycles. The fraction of sp³-hybridized carbons (Fsp3) is 0.391. The molecule has 1 N–H and O–H groups in total. The highest BCUT2D eigenvalue weighted by atomic mass is 16.5. The van der Waals surface area contributed by atoms with Crippen LogP contribution < -0.4 is 10.1 Å². The van der Waals surface area contributed by atoms with E-state index in [0.29, 0.717) is 24.0 Å². The maximum absolute atomic E-state index is 12.8. The van der Waals surface area contributed by atoms with Crippen LogP contribution in [0.25, 0.3) is 0 Å². The summed E-state index contributed by atoms with van der Waals surface area (Å²) in [5.41, 5.74) is 3.06. The molecule has 146 valence electrons. The van der Waals surface area contributed by atoms with E-state index in [9.17, 15) is 9.59 Å². The highest BCUT2D eigenvalue weighted by molar-refractivity contribution is 5.94. The molecule has 0 atom stereocenters. The molecule has 0 radical (unpaired) electrons. The minimum atomic E-state index is -0.00417. The molecule has 2 aliphatic carbocycles. The van der Waals surface area contributed by atoms with Crippen molar-refractivity contribution in [1.29, 1.82) is 0 Å². The second kappa shape index (κ2) is 8.05. The third kappa shape index (κ3) is 4.91. The van der Waals surface area contributed by atoms with Gasteiger partial charge in [-0.25, -0.2) is 0 Å². The summed E-state index contributed by atoms with van der Waals surface area (Å²) in [4.78, 5) is 26.6. The van der Waals surface area contributed by atoms with Crippen LogP contribution in [0.5, 0.6) is 5.75 Å². The predicted molar refractivity (Wildman–Crippen MR) is 108 cm³/mol. The molecular weight excluding hydrogens is 352 g/mol. The Bertz CT molecular complexity index is 854. The van der Waals surface area contributed by atoms with E-state index in [1.165, 1.54) is 5.56 Å². The fourth-order valence-corrected chi connectivity index (χ4v) is 3.18. The number of carbonyl (C=O) groups excluding carboxylic acids is 2. The molecule has 0 aliphatic heterocycles. The number of amides is 2. The Morgan fingerprint density at radius 3 is 2.50 bits per heavy atom. The average molecular weight is 378 g/mol. The Labute approximate surface area is 165 Å². The van der Waals surface area contributed by atoms with Crippen LogP contribution >= 0.6 is 0 Å². The molecular formula is C23H26N2O3. The first-order chi connectivity index (χ1) is 13.6. The highest BCUT2D eigenvalue weighted by Crippen LogP contribution is 2.31. The Hall–Kier alpha value is -2.82. The lowest BCUT2D eigenvalue weighted by atomic mass is 10.1. The molecule has 2 amide bonds. The summed E-state index contributed by atoms with van der Waals surface area (Å²) in [6, 6.07) is 15.9. The first-order valence-electron chi connectivity index (χ1n) is 9.97. The summed E-state index contributed by atoms with van der Waals surface area (Å²) in [6.07, 6.45) is 4.05. The van der Waals surface area contributed by atoms with Crippen molar-refractivity contribution in [3.05, 3.63) is 59.7 Å². The number of aryl methyl sites for hydroxylation is 1. The van der Waals surface area contributed by atoms with E-state index >= 15 is 0 Å². The van der Waals surface area contributed by atoms with Gasteiger partial charge in [0.2, 0.25) is 5.91 Å². The van der Waals surface area contributed by atoms with Gasteiger partial charge in [0.1, 0.15) is 5.75 Å². The third-order valence-electron chi connectivity index (χ3n) is 5.19. The van der Waals surface area contributed by atoms with Crippen molar-refractivity contribution >= 4 is 17.5 Å². The van der Waals surface area contributed by atoms with E-state index in [0.717, 1.165) is 31.2 Å². The largest absolute Gasteiger partial charge is 0.484 e. The average Bonchev–Trinajstić information content (AvgIpc) is 3.58. The third-order valence-corrected chi connectivity index (χ3v) is 5.19. The maximum Gasteiger partial charge on any atom is 0.261 e. The Kier molecular flexibility index (Phi) is 5.33. The van der Waals surface area contributed by atoms with E-state index in [1.54, 1.807) is 6.07 Å². The van der Waals surface area contributed by atoms with Gasteiger partial charge in [-0.1, -0.05) is 35.9 Å². The van der Waals surface area contributed by atoms with Crippen molar-refractivity contribution in [3.8, 4) is 5.75 Å². The second-order valence-electron chi connectivity index (χ2n) is 7.82. The zero-order valence-corrected chi connectivity index (χ0v) is 16.2. The van der Waals surface area contributed by atoms with Crippen LogP contribution in [-0.2, 0) is 16.1 Å². The lowest BCUT2D eigenvalue weighted by Crippen LogP contribution is -2.36. The molecule has 0 unspecified atom stereocenters. The van der Waals surface area contributed by atoms with Gasteiger partial charge in [0.15, 0.2) is 6.61 Å². The van der Waals surface area contributed by atoms with Gasteiger partial charge < -0.3 is 15.0 Å². The summed E-state index contributed by atoms with van der Waals surface area (Å²) >= 11 is 0. The van der Waals surface area contributed by atoms with E-state index in [-0.39, 0.29) is 24.3 Å². The highest BCUT2D eigenvalue weighted by Gasteiger charge is 2.32. The summed E-state index contributed by atoms with van der Waals surface area (Å²) in [5, 5.41) is 2.91. The van der Waals surface area contributed by atoms with Gasteiger partial charge in [0, 0.05) is 30.3 Å². The number of ether oxygens (including phenoxy) is 1. The zero-order chi connectivity index (χ0) is 19.5. The number of rotatable bonds is 8. The van der Waals surface area contributed by atoms with Gasteiger partial charge in [0.25, 0.3) is 5.91 Å². The molecule has 2 saturated carbocycles. The smallest absolute Gasteiger partial charge is 0.261 e. The predicted octanol–water partition coefficient (Wildman–Crippen LogP) is 3.91. The van der Waals surface area contributed by atoms with Crippen LogP contribution in [0.4, 0.5) is 5.69 Å². The monoisotopic (exact) mass is 378 g/mol. The molecule has 0 bridgehead atoms. The van der Waals surface area contributed by atoms with Crippen LogP contribution in [-0.4, -0.2) is 29.4 Å². The normalized spacial score (nSPS) is 15.8. The lowest BCUT2D eigenvalue weighted by Gasteiger charge is -2.23. The topological polar surface area (TPSA) is 58.6 Å². The quantitative estimate of drug-likeness (QED) is 0.758. The number of hydrogen-bond acceptors (Lipinski definition) is 3. The van der Waals surface area contributed by atoms with Crippen molar-refractivity contribution in [2.75, 3.05) is 11.9 Å². The summed E-state index contributed by atoms with van der Waals surface area (Å²) in [6.45, 7) is 2.68. The standard InChI is InChI=1S/C23H26N2O3/c1-16-5-7-17(8-6-16)14-25(20-11-12-20)22(26)15-28-21-4-2-3-19(13-21)24-23(27)18-9-10-18/h2-8,13,18,20H,9-12,14-15H2,1H3,(H,24,27). The van der Waals surface area contributed by atoms with Gasteiger partial charge in [0.05, 0.1) is 0 Å². The summed E-state index contributed by atoms with van der Waals surface area (Å²) < 4.78 is 5.74. The number of carbonyl (C=O) groups is 2. The molecule has 28 heavy (non-hydrogen) atoms. The number of nitrogens with zero attached hydrogens (tertiary/aromatic N) is 1.